The third-order valence-corrected chi connectivity index (χ3v) is 3.23. The summed E-state index contributed by atoms with van der Waals surface area (Å²) in [5.74, 6) is 0.283. The quantitative estimate of drug-likeness (QED) is 0.581. The molecule has 19 heavy (non-hydrogen) atoms. The van der Waals surface area contributed by atoms with Crippen LogP contribution in [-0.2, 0) is 11.3 Å². The highest BCUT2D eigenvalue weighted by Gasteiger charge is 2.28. The smallest absolute Gasteiger partial charge is 0.313 e. The van der Waals surface area contributed by atoms with Crippen molar-refractivity contribution in [2.75, 3.05) is 18.9 Å². The van der Waals surface area contributed by atoms with Gasteiger partial charge in [0.1, 0.15) is 0 Å². The fourth-order valence-electron chi connectivity index (χ4n) is 1.47. The number of halogens is 3. The summed E-state index contributed by atoms with van der Waals surface area (Å²) in [5, 5.41) is 3.28. The molecule has 6 heteroatoms. The van der Waals surface area contributed by atoms with Crippen LogP contribution in [0.3, 0.4) is 0 Å². The van der Waals surface area contributed by atoms with E-state index in [0.29, 0.717) is 0 Å². The van der Waals surface area contributed by atoms with E-state index in [4.69, 9.17) is 0 Å². The van der Waals surface area contributed by atoms with Crippen molar-refractivity contribution >= 4 is 11.8 Å². The van der Waals surface area contributed by atoms with E-state index in [1.807, 2.05) is 24.3 Å². The number of thioether (sulfide) groups is 1. The summed E-state index contributed by atoms with van der Waals surface area (Å²) in [6, 6.07) is 7.79. The van der Waals surface area contributed by atoms with Crippen LogP contribution in [0.1, 0.15) is 18.9 Å². The maximum absolute atomic E-state index is 11.8. The van der Waals surface area contributed by atoms with Crippen LogP contribution in [0.4, 0.5) is 13.2 Å². The number of hydrogen-bond donors (Lipinski definition) is 1. The molecule has 0 saturated heterocycles. The molecule has 1 N–H and O–H groups in total. The highest BCUT2D eigenvalue weighted by atomic mass is 32.2. The first-order chi connectivity index (χ1) is 9.01. The number of benzene rings is 1. The summed E-state index contributed by atoms with van der Waals surface area (Å²) in [4.78, 5) is 0.960. The first kappa shape index (κ1) is 16.3. The van der Waals surface area contributed by atoms with Crippen LogP contribution in [0.5, 0.6) is 0 Å². The molecule has 1 rings (SSSR count). The Morgan fingerprint density at radius 3 is 2.79 bits per heavy atom. The van der Waals surface area contributed by atoms with E-state index in [2.05, 4.69) is 17.0 Å². The SMILES string of the molecule is CCCNCc1cccc(SCCOC(F)(F)F)c1. The monoisotopic (exact) mass is 293 g/mol. The van der Waals surface area contributed by atoms with Gasteiger partial charge in [-0.25, -0.2) is 0 Å². The van der Waals surface area contributed by atoms with E-state index in [9.17, 15) is 13.2 Å². The van der Waals surface area contributed by atoms with Gasteiger partial charge in [0.2, 0.25) is 0 Å². The third-order valence-electron chi connectivity index (χ3n) is 2.27. The Balaban J connectivity index is 2.31. The Bertz CT molecular complexity index is 371. The molecule has 0 aromatic heterocycles. The van der Waals surface area contributed by atoms with E-state index in [-0.39, 0.29) is 12.4 Å². The van der Waals surface area contributed by atoms with Crippen molar-refractivity contribution in [3.05, 3.63) is 29.8 Å². The second kappa shape index (κ2) is 8.45. The van der Waals surface area contributed by atoms with Crippen LogP contribution < -0.4 is 5.32 Å². The minimum absolute atomic E-state index is 0.283. The molecule has 0 amide bonds. The molecule has 0 bridgehead atoms. The van der Waals surface area contributed by atoms with Gasteiger partial charge in [0.15, 0.2) is 0 Å². The Kier molecular flexibility index (Phi) is 7.27. The van der Waals surface area contributed by atoms with Gasteiger partial charge in [-0.2, -0.15) is 0 Å². The molecule has 2 nitrogen and oxygen atoms in total. The molecule has 108 valence electrons. The predicted octanol–water partition coefficient (Wildman–Crippen LogP) is 3.81. The summed E-state index contributed by atoms with van der Waals surface area (Å²) in [5.41, 5.74) is 1.13. The average molecular weight is 293 g/mol. The zero-order chi connectivity index (χ0) is 14.1. The van der Waals surface area contributed by atoms with Gasteiger partial charge in [0.25, 0.3) is 0 Å². The lowest BCUT2D eigenvalue weighted by molar-refractivity contribution is -0.322. The Hall–Kier alpha value is -0.720. The molecule has 1 aromatic rings. The Morgan fingerprint density at radius 1 is 1.32 bits per heavy atom. The van der Waals surface area contributed by atoms with Gasteiger partial charge >= 0.3 is 6.36 Å². The van der Waals surface area contributed by atoms with Crippen LogP contribution in [0, 0.1) is 0 Å². The highest BCUT2D eigenvalue weighted by Crippen LogP contribution is 2.21. The lowest BCUT2D eigenvalue weighted by Crippen LogP contribution is -2.15. The van der Waals surface area contributed by atoms with Crippen molar-refractivity contribution < 1.29 is 17.9 Å². The van der Waals surface area contributed by atoms with E-state index < -0.39 is 6.36 Å². The van der Waals surface area contributed by atoms with Crippen molar-refractivity contribution in [2.24, 2.45) is 0 Å². The summed E-state index contributed by atoms with van der Waals surface area (Å²) in [6.45, 7) is 3.50. The van der Waals surface area contributed by atoms with Crippen LogP contribution in [0.2, 0.25) is 0 Å². The average Bonchev–Trinajstić information content (AvgIpc) is 2.35. The molecular weight excluding hydrogens is 275 g/mol. The fourth-order valence-corrected chi connectivity index (χ4v) is 2.28. The maximum Gasteiger partial charge on any atom is 0.522 e. The van der Waals surface area contributed by atoms with Gasteiger partial charge < -0.3 is 5.32 Å². The molecule has 0 fully saturated rings. The molecule has 0 saturated carbocycles. The molecule has 0 unspecified atom stereocenters. The lowest BCUT2D eigenvalue weighted by Gasteiger charge is -2.08. The first-order valence-corrected chi connectivity index (χ1v) is 7.13. The predicted molar refractivity (Wildman–Crippen MR) is 71.2 cm³/mol. The van der Waals surface area contributed by atoms with Crippen molar-refractivity contribution in [3.63, 3.8) is 0 Å². The molecule has 0 heterocycles. The highest BCUT2D eigenvalue weighted by molar-refractivity contribution is 7.99. The second-order valence-electron chi connectivity index (χ2n) is 3.97. The van der Waals surface area contributed by atoms with Gasteiger partial charge in [-0.1, -0.05) is 19.1 Å². The normalized spacial score (nSPS) is 11.8. The van der Waals surface area contributed by atoms with Gasteiger partial charge in [0.05, 0.1) is 6.61 Å². The summed E-state index contributed by atoms with van der Waals surface area (Å²) >= 11 is 1.36. The molecule has 0 aliphatic heterocycles. The summed E-state index contributed by atoms with van der Waals surface area (Å²) in [6.07, 6.45) is -3.46. The number of alkyl halides is 3. The zero-order valence-corrected chi connectivity index (χ0v) is 11.6. The Labute approximate surface area is 115 Å². The maximum atomic E-state index is 11.8. The van der Waals surface area contributed by atoms with Gasteiger partial charge in [-0.15, -0.1) is 24.9 Å². The van der Waals surface area contributed by atoms with Crippen molar-refractivity contribution in [2.45, 2.75) is 31.1 Å². The number of ether oxygens (including phenoxy) is 1. The molecule has 0 aliphatic rings. The number of rotatable bonds is 8. The third kappa shape index (κ3) is 8.13. The largest absolute Gasteiger partial charge is 0.522 e. The van der Waals surface area contributed by atoms with Gasteiger partial charge in [0, 0.05) is 17.2 Å². The van der Waals surface area contributed by atoms with Crippen LogP contribution in [0.25, 0.3) is 0 Å². The minimum Gasteiger partial charge on any atom is -0.313 e. The van der Waals surface area contributed by atoms with Gasteiger partial charge in [-0.3, -0.25) is 4.74 Å². The second-order valence-corrected chi connectivity index (χ2v) is 5.14. The minimum atomic E-state index is -4.54. The van der Waals surface area contributed by atoms with E-state index in [0.717, 1.165) is 30.0 Å². The summed E-state index contributed by atoms with van der Waals surface area (Å²) < 4.78 is 39.1. The van der Waals surface area contributed by atoms with Gasteiger partial charge in [-0.05, 0) is 30.7 Å². The topological polar surface area (TPSA) is 21.3 Å². The van der Waals surface area contributed by atoms with Crippen LogP contribution >= 0.6 is 11.8 Å². The van der Waals surface area contributed by atoms with Crippen LogP contribution in [0.15, 0.2) is 29.2 Å². The number of hydrogen-bond acceptors (Lipinski definition) is 3. The van der Waals surface area contributed by atoms with Crippen LogP contribution in [-0.4, -0.2) is 25.3 Å². The first-order valence-electron chi connectivity index (χ1n) is 6.14. The fraction of sp³-hybridized carbons (Fsp3) is 0.538. The standard InChI is InChI=1S/C13H18F3NOS/c1-2-6-17-10-11-4-3-5-12(9-11)19-8-7-18-13(14,15)16/h3-5,9,17H,2,6-8,10H2,1H3. The van der Waals surface area contributed by atoms with Crippen molar-refractivity contribution in [1.29, 1.82) is 0 Å². The lowest BCUT2D eigenvalue weighted by atomic mass is 10.2. The summed E-state index contributed by atoms with van der Waals surface area (Å²) in [7, 11) is 0. The molecular formula is C13H18F3NOS. The molecule has 0 radical (unpaired) electrons. The molecule has 0 aliphatic carbocycles. The molecule has 0 spiro atoms. The van der Waals surface area contributed by atoms with E-state index in [1.165, 1.54) is 11.8 Å². The van der Waals surface area contributed by atoms with Crippen molar-refractivity contribution in [3.8, 4) is 0 Å². The Morgan fingerprint density at radius 2 is 2.11 bits per heavy atom. The number of nitrogens with one attached hydrogen (secondary N) is 1. The van der Waals surface area contributed by atoms with E-state index in [1.54, 1.807) is 0 Å². The van der Waals surface area contributed by atoms with Crippen molar-refractivity contribution in [1.82, 2.24) is 5.32 Å². The van der Waals surface area contributed by atoms with E-state index >= 15 is 0 Å². The zero-order valence-electron chi connectivity index (χ0n) is 10.8. The molecule has 1 aromatic carbocycles. The molecule has 0 atom stereocenters.